The Morgan fingerprint density at radius 3 is 3.00 bits per heavy atom. The summed E-state index contributed by atoms with van der Waals surface area (Å²) in [5.41, 5.74) is 6.77. The molecule has 2 heterocycles. The summed E-state index contributed by atoms with van der Waals surface area (Å²) >= 11 is 2.83. The molecule has 0 fully saturated rings. The molecule has 0 bridgehead atoms. The molecule has 1 atom stereocenters. The number of hydrogen-bond donors (Lipinski definition) is 1. The van der Waals surface area contributed by atoms with E-state index in [-0.39, 0.29) is 6.04 Å². The second kappa shape index (κ2) is 3.30. The molecule has 0 amide bonds. The predicted octanol–water partition coefficient (Wildman–Crippen LogP) is 1.65. The van der Waals surface area contributed by atoms with Crippen LogP contribution in [0.1, 0.15) is 16.6 Å². The van der Waals surface area contributed by atoms with Crippen LogP contribution in [0.25, 0.3) is 0 Å². The SMILES string of the molecule is NC(c1cnsn1)c1cccs1. The van der Waals surface area contributed by atoms with E-state index in [1.54, 1.807) is 17.5 Å². The molecule has 0 aromatic carbocycles. The maximum atomic E-state index is 5.92. The van der Waals surface area contributed by atoms with E-state index in [4.69, 9.17) is 5.73 Å². The predicted molar refractivity (Wildman–Crippen MR) is 50.3 cm³/mol. The van der Waals surface area contributed by atoms with Crippen LogP contribution in [0.15, 0.2) is 23.7 Å². The average Bonchev–Trinajstić information content (AvgIpc) is 2.77. The summed E-state index contributed by atoms with van der Waals surface area (Å²) in [6.45, 7) is 0. The minimum atomic E-state index is -0.108. The fourth-order valence-electron chi connectivity index (χ4n) is 0.923. The lowest BCUT2D eigenvalue weighted by Gasteiger charge is -2.03. The van der Waals surface area contributed by atoms with Crippen LogP contribution >= 0.6 is 23.1 Å². The summed E-state index contributed by atoms with van der Waals surface area (Å²) in [6, 6.07) is 3.89. The van der Waals surface area contributed by atoms with Gasteiger partial charge in [-0.3, -0.25) is 0 Å². The van der Waals surface area contributed by atoms with E-state index in [1.165, 1.54) is 11.7 Å². The monoisotopic (exact) mass is 197 g/mol. The summed E-state index contributed by atoms with van der Waals surface area (Å²) in [5.74, 6) is 0. The molecule has 12 heavy (non-hydrogen) atoms. The van der Waals surface area contributed by atoms with Gasteiger partial charge in [0.1, 0.15) is 0 Å². The Morgan fingerprint density at radius 2 is 2.42 bits per heavy atom. The molecular weight excluding hydrogens is 190 g/mol. The molecule has 2 aromatic heterocycles. The van der Waals surface area contributed by atoms with Crippen LogP contribution in [0.3, 0.4) is 0 Å². The fraction of sp³-hybridized carbons (Fsp3) is 0.143. The first-order valence-corrected chi connectivity index (χ1v) is 5.05. The Balaban J connectivity index is 2.27. The third kappa shape index (κ3) is 1.38. The van der Waals surface area contributed by atoms with Crippen molar-refractivity contribution in [2.45, 2.75) is 6.04 Å². The Bertz CT molecular complexity index is 293. The highest BCUT2D eigenvalue weighted by atomic mass is 32.1. The van der Waals surface area contributed by atoms with Gasteiger partial charge in [0.15, 0.2) is 0 Å². The molecule has 2 rings (SSSR count). The minimum Gasteiger partial charge on any atom is -0.318 e. The van der Waals surface area contributed by atoms with E-state index < -0.39 is 0 Å². The smallest absolute Gasteiger partial charge is 0.0963 e. The highest BCUT2D eigenvalue weighted by Gasteiger charge is 2.11. The second-order valence-electron chi connectivity index (χ2n) is 2.33. The van der Waals surface area contributed by atoms with Crippen molar-refractivity contribution in [1.29, 1.82) is 0 Å². The Labute approximate surface area is 78.2 Å². The molecule has 0 aliphatic rings. The Morgan fingerprint density at radius 1 is 1.50 bits per heavy atom. The first kappa shape index (κ1) is 7.85. The standard InChI is InChI=1S/C7H7N3S2/c8-7(5-4-9-12-10-5)6-2-1-3-11-6/h1-4,7H,8H2. The maximum Gasteiger partial charge on any atom is 0.0963 e. The molecule has 0 aliphatic carbocycles. The molecule has 2 aromatic rings. The number of hydrogen-bond acceptors (Lipinski definition) is 5. The number of rotatable bonds is 2. The van der Waals surface area contributed by atoms with Gasteiger partial charge in [-0.05, 0) is 11.4 Å². The third-order valence-electron chi connectivity index (χ3n) is 1.55. The Hall–Kier alpha value is -0.780. The molecule has 0 radical (unpaired) electrons. The van der Waals surface area contributed by atoms with E-state index in [9.17, 15) is 0 Å². The summed E-state index contributed by atoms with van der Waals surface area (Å²) in [4.78, 5) is 1.13. The number of thiophene rings is 1. The van der Waals surface area contributed by atoms with E-state index >= 15 is 0 Å². The maximum absolute atomic E-state index is 5.92. The molecule has 0 aliphatic heterocycles. The second-order valence-corrected chi connectivity index (χ2v) is 3.86. The van der Waals surface area contributed by atoms with Crippen molar-refractivity contribution in [3.63, 3.8) is 0 Å². The van der Waals surface area contributed by atoms with Gasteiger partial charge in [-0.15, -0.1) is 11.3 Å². The van der Waals surface area contributed by atoms with E-state index in [2.05, 4.69) is 8.75 Å². The molecule has 62 valence electrons. The summed E-state index contributed by atoms with van der Waals surface area (Å²) in [7, 11) is 0. The highest BCUT2D eigenvalue weighted by Crippen LogP contribution is 2.21. The number of aromatic nitrogens is 2. The quantitative estimate of drug-likeness (QED) is 0.796. The van der Waals surface area contributed by atoms with Crippen LogP contribution in [0, 0.1) is 0 Å². The van der Waals surface area contributed by atoms with Crippen molar-refractivity contribution in [3.05, 3.63) is 34.3 Å². The highest BCUT2D eigenvalue weighted by molar-refractivity contribution is 7.10. The third-order valence-corrected chi connectivity index (χ3v) is 2.99. The Kier molecular flexibility index (Phi) is 2.16. The zero-order valence-corrected chi connectivity index (χ0v) is 7.81. The molecule has 0 saturated heterocycles. The molecule has 1 unspecified atom stereocenters. The van der Waals surface area contributed by atoms with Crippen molar-refractivity contribution < 1.29 is 0 Å². The van der Waals surface area contributed by atoms with Gasteiger partial charge in [-0.2, -0.15) is 8.75 Å². The van der Waals surface area contributed by atoms with Gasteiger partial charge < -0.3 is 5.73 Å². The van der Waals surface area contributed by atoms with Crippen LogP contribution in [-0.2, 0) is 0 Å². The topological polar surface area (TPSA) is 51.8 Å². The largest absolute Gasteiger partial charge is 0.318 e. The first-order valence-electron chi connectivity index (χ1n) is 3.44. The molecule has 0 saturated carbocycles. The number of nitrogens with two attached hydrogens (primary N) is 1. The summed E-state index contributed by atoms with van der Waals surface area (Å²) < 4.78 is 7.99. The van der Waals surface area contributed by atoms with Crippen molar-refractivity contribution >= 4 is 23.1 Å². The van der Waals surface area contributed by atoms with Crippen molar-refractivity contribution in [3.8, 4) is 0 Å². The molecule has 5 heteroatoms. The summed E-state index contributed by atoms with van der Waals surface area (Å²) in [6.07, 6.45) is 1.72. The minimum absolute atomic E-state index is 0.108. The lowest BCUT2D eigenvalue weighted by atomic mass is 10.2. The van der Waals surface area contributed by atoms with Gasteiger partial charge in [0, 0.05) is 4.88 Å². The lowest BCUT2D eigenvalue weighted by molar-refractivity contribution is 0.863. The fourth-order valence-corrected chi connectivity index (χ4v) is 2.12. The van der Waals surface area contributed by atoms with Crippen LogP contribution < -0.4 is 5.73 Å². The zero-order chi connectivity index (χ0) is 8.39. The first-order chi connectivity index (χ1) is 5.88. The van der Waals surface area contributed by atoms with E-state index in [1.807, 2.05) is 17.5 Å². The zero-order valence-electron chi connectivity index (χ0n) is 6.18. The van der Waals surface area contributed by atoms with E-state index in [0.717, 1.165) is 10.6 Å². The molecule has 0 spiro atoms. The van der Waals surface area contributed by atoms with Crippen molar-refractivity contribution in [2.75, 3.05) is 0 Å². The van der Waals surface area contributed by atoms with Crippen LogP contribution in [-0.4, -0.2) is 8.75 Å². The molecular formula is C7H7N3S2. The summed E-state index contributed by atoms with van der Waals surface area (Å²) in [5, 5.41) is 2.01. The van der Waals surface area contributed by atoms with Gasteiger partial charge >= 0.3 is 0 Å². The van der Waals surface area contributed by atoms with Crippen LogP contribution in [0.4, 0.5) is 0 Å². The van der Waals surface area contributed by atoms with Gasteiger partial charge in [0.05, 0.1) is 29.7 Å². The normalized spacial score (nSPS) is 13.1. The van der Waals surface area contributed by atoms with Crippen LogP contribution in [0.5, 0.6) is 0 Å². The van der Waals surface area contributed by atoms with Crippen molar-refractivity contribution in [2.24, 2.45) is 5.73 Å². The van der Waals surface area contributed by atoms with Gasteiger partial charge in [0.2, 0.25) is 0 Å². The van der Waals surface area contributed by atoms with Gasteiger partial charge in [-0.25, -0.2) is 0 Å². The molecule has 2 N–H and O–H groups in total. The lowest BCUT2D eigenvalue weighted by Crippen LogP contribution is -2.10. The van der Waals surface area contributed by atoms with Gasteiger partial charge in [0.25, 0.3) is 0 Å². The van der Waals surface area contributed by atoms with Crippen LogP contribution in [0.2, 0.25) is 0 Å². The van der Waals surface area contributed by atoms with Gasteiger partial charge in [-0.1, -0.05) is 6.07 Å². The van der Waals surface area contributed by atoms with E-state index in [0.29, 0.717) is 0 Å². The number of nitrogens with zero attached hydrogens (tertiary/aromatic N) is 2. The average molecular weight is 197 g/mol. The molecule has 3 nitrogen and oxygen atoms in total. The van der Waals surface area contributed by atoms with Crippen molar-refractivity contribution in [1.82, 2.24) is 8.75 Å².